The Hall–Kier alpha value is -2.33. The number of benzene rings is 2. The van der Waals surface area contributed by atoms with E-state index < -0.39 is 4.92 Å². The molecule has 5 heteroatoms. The van der Waals surface area contributed by atoms with Gasteiger partial charge in [0, 0.05) is 10.7 Å². The van der Waals surface area contributed by atoms with Crippen molar-refractivity contribution < 1.29 is 4.92 Å². The van der Waals surface area contributed by atoms with Crippen LogP contribution in [0.1, 0.15) is 5.56 Å². The van der Waals surface area contributed by atoms with Crippen molar-refractivity contribution >= 4 is 23.0 Å². The Morgan fingerprint density at radius 2 is 1.74 bits per heavy atom. The Morgan fingerprint density at radius 1 is 1.11 bits per heavy atom. The molecule has 0 radical (unpaired) electrons. The van der Waals surface area contributed by atoms with Crippen molar-refractivity contribution in [3.63, 3.8) is 0 Å². The number of halogens is 1. The molecule has 2 aromatic rings. The second kappa shape index (κ2) is 6.02. The summed E-state index contributed by atoms with van der Waals surface area (Å²) in [6.07, 6.45) is 1.37. The highest BCUT2D eigenvalue weighted by atomic mass is 35.5. The van der Waals surface area contributed by atoms with Gasteiger partial charge < -0.3 is 5.32 Å². The van der Waals surface area contributed by atoms with E-state index in [4.69, 9.17) is 11.6 Å². The van der Waals surface area contributed by atoms with Gasteiger partial charge in [0.2, 0.25) is 0 Å². The van der Waals surface area contributed by atoms with Crippen LogP contribution in [-0.4, -0.2) is 4.92 Å². The molecule has 0 saturated heterocycles. The van der Waals surface area contributed by atoms with Crippen LogP contribution in [0, 0.1) is 10.1 Å². The van der Waals surface area contributed by atoms with E-state index in [1.165, 1.54) is 6.20 Å². The minimum atomic E-state index is -0.431. The maximum Gasteiger partial charge on any atom is 0.292 e. The molecular formula is C14H11ClN2O2. The smallest absolute Gasteiger partial charge is 0.292 e. The van der Waals surface area contributed by atoms with E-state index in [1.54, 1.807) is 24.3 Å². The maximum absolute atomic E-state index is 11.1. The SMILES string of the molecule is O=[N+]([O-])/C(=C\Nc1ccccc1)c1ccc(Cl)cc1. The third-order valence-electron chi connectivity index (χ3n) is 2.49. The highest BCUT2D eigenvalue weighted by Crippen LogP contribution is 2.18. The molecule has 0 aliphatic rings. The fourth-order valence-corrected chi connectivity index (χ4v) is 1.67. The highest BCUT2D eigenvalue weighted by molar-refractivity contribution is 6.30. The number of anilines is 1. The van der Waals surface area contributed by atoms with E-state index in [0.29, 0.717) is 10.6 Å². The van der Waals surface area contributed by atoms with E-state index in [2.05, 4.69) is 5.32 Å². The van der Waals surface area contributed by atoms with E-state index in [1.807, 2.05) is 30.3 Å². The zero-order valence-corrected chi connectivity index (χ0v) is 10.7. The lowest BCUT2D eigenvalue weighted by Crippen LogP contribution is -2.01. The Labute approximate surface area is 115 Å². The molecular weight excluding hydrogens is 264 g/mol. The lowest BCUT2D eigenvalue weighted by atomic mass is 10.2. The zero-order chi connectivity index (χ0) is 13.7. The number of nitrogens with one attached hydrogen (secondary N) is 1. The van der Waals surface area contributed by atoms with Crippen LogP contribution in [0.3, 0.4) is 0 Å². The van der Waals surface area contributed by atoms with Crippen LogP contribution in [0.25, 0.3) is 5.70 Å². The van der Waals surface area contributed by atoms with Gasteiger partial charge in [0.1, 0.15) is 0 Å². The average molecular weight is 275 g/mol. The summed E-state index contributed by atoms with van der Waals surface area (Å²) in [5, 5.41) is 14.5. The minimum absolute atomic E-state index is 0.0134. The van der Waals surface area contributed by atoms with Crippen LogP contribution < -0.4 is 5.32 Å². The second-order valence-electron chi connectivity index (χ2n) is 3.80. The highest BCUT2D eigenvalue weighted by Gasteiger charge is 2.13. The number of hydrogen-bond donors (Lipinski definition) is 1. The van der Waals surface area contributed by atoms with Crippen LogP contribution in [0.4, 0.5) is 5.69 Å². The Balaban J connectivity index is 2.25. The van der Waals surface area contributed by atoms with Gasteiger partial charge in [-0.05, 0) is 36.4 Å². The van der Waals surface area contributed by atoms with Crippen molar-refractivity contribution in [2.45, 2.75) is 0 Å². The molecule has 0 unspecified atom stereocenters. The molecule has 2 aromatic carbocycles. The third kappa shape index (κ3) is 3.56. The molecule has 0 amide bonds. The molecule has 0 aliphatic heterocycles. The first-order chi connectivity index (χ1) is 9.16. The number of para-hydroxylation sites is 1. The molecule has 4 nitrogen and oxygen atoms in total. The summed E-state index contributed by atoms with van der Waals surface area (Å²) in [5.41, 5.74) is 1.27. The Morgan fingerprint density at radius 3 is 2.32 bits per heavy atom. The maximum atomic E-state index is 11.1. The summed E-state index contributed by atoms with van der Waals surface area (Å²) in [7, 11) is 0. The first-order valence-corrected chi connectivity index (χ1v) is 5.97. The molecule has 0 heterocycles. The summed E-state index contributed by atoms with van der Waals surface area (Å²) in [6.45, 7) is 0. The molecule has 0 atom stereocenters. The fraction of sp³-hybridized carbons (Fsp3) is 0. The van der Waals surface area contributed by atoms with Gasteiger partial charge in [-0.1, -0.05) is 29.8 Å². The van der Waals surface area contributed by atoms with Gasteiger partial charge in [0.25, 0.3) is 5.70 Å². The third-order valence-corrected chi connectivity index (χ3v) is 2.74. The molecule has 0 saturated carbocycles. The number of nitrogens with zero attached hydrogens (tertiary/aromatic N) is 1. The van der Waals surface area contributed by atoms with Crippen molar-refractivity contribution in [1.29, 1.82) is 0 Å². The molecule has 19 heavy (non-hydrogen) atoms. The topological polar surface area (TPSA) is 55.2 Å². The molecule has 96 valence electrons. The quantitative estimate of drug-likeness (QED) is 0.676. The normalized spacial score (nSPS) is 11.1. The predicted molar refractivity (Wildman–Crippen MR) is 76.5 cm³/mol. The zero-order valence-electron chi connectivity index (χ0n) is 9.92. The van der Waals surface area contributed by atoms with E-state index >= 15 is 0 Å². The molecule has 0 bridgehead atoms. The number of hydrogen-bond acceptors (Lipinski definition) is 3. The van der Waals surface area contributed by atoms with E-state index in [0.717, 1.165) is 5.69 Å². The van der Waals surface area contributed by atoms with Gasteiger partial charge in [-0.15, -0.1) is 0 Å². The van der Waals surface area contributed by atoms with E-state index in [9.17, 15) is 10.1 Å². The monoisotopic (exact) mass is 274 g/mol. The van der Waals surface area contributed by atoms with Crippen molar-refractivity contribution in [2.24, 2.45) is 0 Å². The lowest BCUT2D eigenvalue weighted by Gasteiger charge is -2.02. The van der Waals surface area contributed by atoms with Crippen molar-refractivity contribution in [2.75, 3.05) is 5.32 Å². The lowest BCUT2D eigenvalue weighted by molar-refractivity contribution is -0.375. The fourth-order valence-electron chi connectivity index (χ4n) is 1.55. The van der Waals surface area contributed by atoms with E-state index in [-0.39, 0.29) is 5.70 Å². The largest absolute Gasteiger partial charge is 0.356 e. The van der Waals surface area contributed by atoms with Crippen LogP contribution in [0.2, 0.25) is 5.02 Å². The van der Waals surface area contributed by atoms with Crippen molar-refractivity contribution in [3.8, 4) is 0 Å². The summed E-state index contributed by atoms with van der Waals surface area (Å²) in [5.74, 6) is 0. The van der Waals surface area contributed by atoms with Crippen molar-refractivity contribution in [3.05, 3.63) is 81.5 Å². The molecule has 2 rings (SSSR count). The average Bonchev–Trinajstić information content (AvgIpc) is 2.42. The standard InChI is InChI=1S/C14H11ClN2O2/c15-12-8-6-11(7-9-12)14(17(18)19)10-16-13-4-2-1-3-5-13/h1-10,16H/b14-10-. The van der Waals surface area contributed by atoms with Crippen LogP contribution in [0.5, 0.6) is 0 Å². The summed E-state index contributed by atoms with van der Waals surface area (Å²) in [6, 6.07) is 15.7. The number of rotatable bonds is 4. The summed E-state index contributed by atoms with van der Waals surface area (Å²) in [4.78, 5) is 10.6. The molecule has 0 aromatic heterocycles. The number of nitro groups is 1. The van der Waals surface area contributed by atoms with Gasteiger partial charge in [-0.3, -0.25) is 10.1 Å². The molecule has 0 aliphatic carbocycles. The first kappa shape index (κ1) is 13.1. The predicted octanol–water partition coefficient (Wildman–Crippen LogP) is 4.03. The minimum Gasteiger partial charge on any atom is -0.356 e. The Bertz CT molecular complexity index is 595. The molecule has 1 N–H and O–H groups in total. The summed E-state index contributed by atoms with van der Waals surface area (Å²) >= 11 is 5.76. The van der Waals surface area contributed by atoms with Crippen LogP contribution in [-0.2, 0) is 0 Å². The Kier molecular flexibility index (Phi) is 4.15. The van der Waals surface area contributed by atoms with Gasteiger partial charge in [0.05, 0.1) is 16.7 Å². The van der Waals surface area contributed by atoms with Gasteiger partial charge >= 0.3 is 0 Å². The molecule has 0 fully saturated rings. The van der Waals surface area contributed by atoms with Gasteiger partial charge in [0.15, 0.2) is 0 Å². The van der Waals surface area contributed by atoms with Gasteiger partial charge in [-0.2, -0.15) is 0 Å². The van der Waals surface area contributed by atoms with Crippen LogP contribution in [0.15, 0.2) is 60.8 Å². The van der Waals surface area contributed by atoms with Crippen molar-refractivity contribution in [1.82, 2.24) is 0 Å². The van der Waals surface area contributed by atoms with Crippen LogP contribution >= 0.6 is 11.6 Å². The molecule has 0 spiro atoms. The summed E-state index contributed by atoms with van der Waals surface area (Å²) < 4.78 is 0. The van der Waals surface area contributed by atoms with Gasteiger partial charge in [-0.25, -0.2) is 0 Å². The first-order valence-electron chi connectivity index (χ1n) is 5.59. The second-order valence-corrected chi connectivity index (χ2v) is 4.24.